The minimum atomic E-state index is -0.594. The Kier molecular flexibility index (Phi) is 5.81. The minimum absolute atomic E-state index is 0.142. The van der Waals surface area contributed by atoms with Crippen LogP contribution in [-0.2, 0) is 26.3 Å². The molecule has 1 spiro atoms. The van der Waals surface area contributed by atoms with Gasteiger partial charge in [0.1, 0.15) is 6.04 Å². The molecule has 0 aromatic heterocycles. The van der Waals surface area contributed by atoms with Crippen LogP contribution in [-0.4, -0.2) is 65.6 Å². The summed E-state index contributed by atoms with van der Waals surface area (Å²) >= 11 is 0. The van der Waals surface area contributed by atoms with Crippen LogP contribution < -0.4 is 10.2 Å². The number of fused-ring (bicyclic) bond motifs is 1. The van der Waals surface area contributed by atoms with Crippen molar-refractivity contribution in [2.75, 3.05) is 31.1 Å². The van der Waals surface area contributed by atoms with Crippen molar-refractivity contribution in [3.63, 3.8) is 0 Å². The SMILES string of the molecule is CC(C)(C(=O)N1CCC2(CC1)CN(c1ccc3c(c1)CN(C1CCC(=O)NC1=O)C3=O)C2)c1ccccc1. The van der Waals surface area contributed by atoms with Gasteiger partial charge < -0.3 is 14.7 Å². The molecule has 1 unspecified atom stereocenters. The first-order valence-corrected chi connectivity index (χ1v) is 13.5. The molecule has 2 aromatic rings. The van der Waals surface area contributed by atoms with Gasteiger partial charge in [-0.2, -0.15) is 0 Å². The molecular weight excluding hydrogens is 480 g/mol. The molecule has 0 saturated carbocycles. The zero-order valence-corrected chi connectivity index (χ0v) is 22.0. The molecule has 0 aliphatic carbocycles. The second-order valence-corrected chi connectivity index (χ2v) is 11.9. The van der Waals surface area contributed by atoms with Crippen LogP contribution in [0.2, 0.25) is 0 Å². The van der Waals surface area contributed by atoms with Crippen LogP contribution in [0.5, 0.6) is 0 Å². The monoisotopic (exact) mass is 514 g/mol. The van der Waals surface area contributed by atoms with Gasteiger partial charge in [0.15, 0.2) is 0 Å². The normalized spacial score (nSPS) is 22.8. The summed E-state index contributed by atoms with van der Waals surface area (Å²) in [6.07, 6.45) is 2.61. The average molecular weight is 515 g/mol. The predicted octanol–water partition coefficient (Wildman–Crippen LogP) is 2.85. The van der Waals surface area contributed by atoms with E-state index < -0.39 is 11.5 Å². The molecule has 1 N–H and O–H groups in total. The summed E-state index contributed by atoms with van der Waals surface area (Å²) in [4.78, 5) is 56.2. The number of nitrogens with zero attached hydrogens (tertiary/aromatic N) is 3. The fourth-order valence-electron chi connectivity index (χ4n) is 6.58. The lowest BCUT2D eigenvalue weighted by Crippen LogP contribution is -2.61. The molecule has 0 bridgehead atoms. The van der Waals surface area contributed by atoms with Gasteiger partial charge in [0.2, 0.25) is 17.7 Å². The van der Waals surface area contributed by atoms with Crippen molar-refractivity contribution in [2.24, 2.45) is 5.41 Å². The number of carbonyl (C=O) groups excluding carboxylic acids is 4. The average Bonchev–Trinajstić information content (AvgIpc) is 3.22. The molecule has 6 rings (SSSR count). The molecule has 4 aliphatic heterocycles. The number of nitrogens with one attached hydrogen (secondary N) is 1. The number of hydrogen-bond acceptors (Lipinski definition) is 5. The lowest BCUT2D eigenvalue weighted by molar-refractivity contribution is -0.139. The molecule has 0 radical (unpaired) electrons. The topological polar surface area (TPSA) is 90.0 Å². The highest BCUT2D eigenvalue weighted by molar-refractivity contribution is 6.05. The molecule has 1 atom stereocenters. The molecule has 4 aliphatic rings. The quantitative estimate of drug-likeness (QED) is 0.634. The number of rotatable bonds is 4. The lowest BCUT2D eigenvalue weighted by atomic mass is 9.71. The largest absolute Gasteiger partial charge is 0.370 e. The minimum Gasteiger partial charge on any atom is -0.370 e. The van der Waals surface area contributed by atoms with Gasteiger partial charge in [0.05, 0.1) is 5.41 Å². The van der Waals surface area contributed by atoms with Gasteiger partial charge in [-0.05, 0) is 62.4 Å². The van der Waals surface area contributed by atoms with Gasteiger partial charge in [0.25, 0.3) is 5.91 Å². The van der Waals surface area contributed by atoms with E-state index in [0.717, 1.165) is 55.8 Å². The zero-order valence-electron chi connectivity index (χ0n) is 22.0. The Balaban J connectivity index is 1.07. The first-order chi connectivity index (χ1) is 18.2. The summed E-state index contributed by atoms with van der Waals surface area (Å²) in [6.45, 7) is 7.87. The summed E-state index contributed by atoms with van der Waals surface area (Å²) in [7, 11) is 0. The third kappa shape index (κ3) is 4.06. The standard InChI is InChI=1S/C30H34N4O4/c1-29(2,21-6-4-3-5-7-21)28(38)32-14-12-30(13-15-32)18-33(19-30)22-8-9-23-20(16-22)17-34(27(23)37)24-10-11-25(35)31-26(24)36/h3-9,16,24H,10-15,17-19H2,1-2H3,(H,31,35,36). The van der Waals surface area contributed by atoms with Crippen LogP contribution in [0, 0.1) is 5.41 Å². The molecule has 38 heavy (non-hydrogen) atoms. The van der Waals surface area contributed by atoms with Crippen molar-refractivity contribution in [3.05, 3.63) is 65.2 Å². The summed E-state index contributed by atoms with van der Waals surface area (Å²) in [5, 5.41) is 2.36. The number of hydrogen-bond donors (Lipinski definition) is 1. The molecule has 4 heterocycles. The van der Waals surface area contributed by atoms with Crippen LogP contribution >= 0.6 is 0 Å². The van der Waals surface area contributed by atoms with E-state index in [9.17, 15) is 19.2 Å². The molecule has 8 nitrogen and oxygen atoms in total. The maximum absolute atomic E-state index is 13.4. The molecule has 4 amide bonds. The van der Waals surface area contributed by atoms with E-state index in [1.54, 1.807) is 4.90 Å². The molecule has 3 fully saturated rings. The molecule has 2 aromatic carbocycles. The summed E-state index contributed by atoms with van der Waals surface area (Å²) in [5.41, 5.74) is 3.40. The Morgan fingerprint density at radius 2 is 1.71 bits per heavy atom. The van der Waals surface area contributed by atoms with Gasteiger partial charge >= 0.3 is 0 Å². The molecule has 8 heteroatoms. The number of piperidine rings is 2. The highest BCUT2D eigenvalue weighted by Gasteiger charge is 2.47. The van der Waals surface area contributed by atoms with Gasteiger partial charge in [-0.1, -0.05) is 30.3 Å². The Labute approximate surface area is 223 Å². The third-order valence-electron chi connectivity index (χ3n) is 9.07. The van der Waals surface area contributed by atoms with Crippen molar-refractivity contribution in [3.8, 4) is 0 Å². The summed E-state index contributed by atoms with van der Waals surface area (Å²) in [6, 6.07) is 15.4. The fourth-order valence-corrected chi connectivity index (χ4v) is 6.58. The van der Waals surface area contributed by atoms with Crippen LogP contribution in [0.1, 0.15) is 61.0 Å². The summed E-state index contributed by atoms with van der Waals surface area (Å²) in [5.74, 6) is -0.612. The number of amides is 4. The molecule has 198 valence electrons. The van der Waals surface area contributed by atoms with Crippen molar-refractivity contribution < 1.29 is 19.2 Å². The van der Waals surface area contributed by atoms with Crippen molar-refractivity contribution in [1.82, 2.24) is 15.1 Å². The van der Waals surface area contributed by atoms with E-state index in [1.807, 2.05) is 61.2 Å². The Morgan fingerprint density at radius 1 is 1.00 bits per heavy atom. The lowest BCUT2D eigenvalue weighted by Gasteiger charge is -2.55. The smallest absolute Gasteiger partial charge is 0.255 e. The van der Waals surface area contributed by atoms with E-state index in [2.05, 4.69) is 16.3 Å². The maximum Gasteiger partial charge on any atom is 0.255 e. The molecule has 3 saturated heterocycles. The molecular formula is C30H34N4O4. The van der Waals surface area contributed by atoms with Crippen molar-refractivity contribution >= 4 is 29.3 Å². The van der Waals surface area contributed by atoms with Crippen molar-refractivity contribution in [1.29, 1.82) is 0 Å². The van der Waals surface area contributed by atoms with Gasteiger partial charge in [-0.3, -0.25) is 24.5 Å². The van der Waals surface area contributed by atoms with Crippen LogP contribution in [0.3, 0.4) is 0 Å². The van der Waals surface area contributed by atoms with E-state index >= 15 is 0 Å². The number of likely N-dealkylation sites (tertiary alicyclic amines) is 1. The first-order valence-electron chi connectivity index (χ1n) is 13.5. The van der Waals surface area contributed by atoms with Crippen LogP contribution in [0.15, 0.2) is 48.5 Å². The van der Waals surface area contributed by atoms with Crippen LogP contribution in [0.4, 0.5) is 5.69 Å². The third-order valence-corrected chi connectivity index (χ3v) is 9.07. The van der Waals surface area contributed by atoms with Crippen molar-refractivity contribution in [2.45, 2.75) is 57.5 Å². The maximum atomic E-state index is 13.4. The van der Waals surface area contributed by atoms with Gasteiger partial charge in [-0.15, -0.1) is 0 Å². The predicted molar refractivity (Wildman–Crippen MR) is 142 cm³/mol. The van der Waals surface area contributed by atoms with Gasteiger partial charge in [-0.25, -0.2) is 0 Å². The second kappa shape index (κ2) is 8.96. The Morgan fingerprint density at radius 3 is 2.39 bits per heavy atom. The van der Waals surface area contributed by atoms with E-state index in [1.165, 1.54) is 0 Å². The van der Waals surface area contributed by atoms with E-state index in [-0.39, 0.29) is 35.5 Å². The Bertz CT molecular complexity index is 1300. The van der Waals surface area contributed by atoms with E-state index in [0.29, 0.717) is 18.5 Å². The second-order valence-electron chi connectivity index (χ2n) is 11.9. The zero-order chi connectivity index (χ0) is 26.7. The highest BCUT2D eigenvalue weighted by atomic mass is 16.2. The Hall–Kier alpha value is -3.68. The number of carbonyl (C=O) groups is 4. The summed E-state index contributed by atoms with van der Waals surface area (Å²) < 4.78 is 0. The van der Waals surface area contributed by atoms with E-state index in [4.69, 9.17) is 0 Å². The number of imide groups is 1. The highest BCUT2D eigenvalue weighted by Crippen LogP contribution is 2.44. The number of anilines is 1. The first kappa shape index (κ1) is 24.6. The fraction of sp³-hybridized carbons (Fsp3) is 0.467. The van der Waals surface area contributed by atoms with Gasteiger partial charge in [0, 0.05) is 55.8 Å². The number of benzene rings is 2. The van der Waals surface area contributed by atoms with Crippen LogP contribution in [0.25, 0.3) is 0 Å².